The molecule has 0 spiro atoms. The van der Waals surface area contributed by atoms with Crippen LogP contribution in [-0.2, 0) is 6.42 Å². The molecule has 4 heteroatoms. The summed E-state index contributed by atoms with van der Waals surface area (Å²) in [6.45, 7) is 3.68. The van der Waals surface area contributed by atoms with Crippen molar-refractivity contribution in [2.75, 3.05) is 13.1 Å². The summed E-state index contributed by atoms with van der Waals surface area (Å²) < 4.78 is 0. The van der Waals surface area contributed by atoms with Crippen LogP contribution in [0.1, 0.15) is 60.0 Å². The zero-order valence-electron chi connectivity index (χ0n) is 14.8. The number of carbonyl (C=O) groups is 1. The van der Waals surface area contributed by atoms with Crippen LogP contribution in [0.15, 0.2) is 47.4 Å². The largest absolute Gasteiger partial charge is 0.339 e. The van der Waals surface area contributed by atoms with Gasteiger partial charge in [0.25, 0.3) is 5.91 Å². The summed E-state index contributed by atoms with van der Waals surface area (Å²) in [6.07, 6.45) is 6.96. The van der Waals surface area contributed by atoms with Crippen molar-refractivity contribution < 1.29 is 4.79 Å². The molecule has 0 bridgehead atoms. The topological polar surface area (TPSA) is 53.2 Å². The lowest BCUT2D eigenvalue weighted by molar-refractivity contribution is 0.0713. The normalized spacial score (nSPS) is 15.3. The van der Waals surface area contributed by atoms with E-state index < -0.39 is 0 Å². The first-order valence-electron chi connectivity index (χ1n) is 9.24. The van der Waals surface area contributed by atoms with E-state index in [1.165, 1.54) is 18.4 Å². The summed E-state index contributed by atoms with van der Waals surface area (Å²) in [5, 5.41) is 0. The van der Waals surface area contributed by atoms with Crippen molar-refractivity contribution in [3.05, 3.63) is 69.6 Å². The van der Waals surface area contributed by atoms with Crippen molar-refractivity contribution in [1.29, 1.82) is 0 Å². The molecule has 132 valence electrons. The van der Waals surface area contributed by atoms with Crippen LogP contribution >= 0.6 is 0 Å². The number of benzene rings is 1. The van der Waals surface area contributed by atoms with Crippen LogP contribution < -0.4 is 5.56 Å². The van der Waals surface area contributed by atoms with Crippen molar-refractivity contribution in [3.8, 4) is 0 Å². The number of rotatable bonds is 5. The van der Waals surface area contributed by atoms with Gasteiger partial charge in [0.05, 0.1) is 0 Å². The van der Waals surface area contributed by atoms with Gasteiger partial charge in [0.2, 0.25) is 5.56 Å². The number of amides is 1. The van der Waals surface area contributed by atoms with Crippen molar-refractivity contribution >= 4 is 5.91 Å². The Balaban J connectivity index is 1.58. The molecule has 1 aromatic heterocycles. The van der Waals surface area contributed by atoms with Gasteiger partial charge in [-0.15, -0.1) is 0 Å². The van der Waals surface area contributed by atoms with E-state index in [0.29, 0.717) is 5.92 Å². The Hall–Kier alpha value is -2.36. The first kappa shape index (κ1) is 17.5. The van der Waals surface area contributed by atoms with Gasteiger partial charge in [-0.3, -0.25) is 9.59 Å². The predicted molar refractivity (Wildman–Crippen MR) is 100.0 cm³/mol. The molecule has 3 rings (SSSR count). The highest BCUT2D eigenvalue weighted by molar-refractivity contribution is 5.94. The first-order valence-corrected chi connectivity index (χ1v) is 9.24. The number of H-pyrrole nitrogens is 1. The van der Waals surface area contributed by atoms with E-state index in [0.717, 1.165) is 43.5 Å². The first-order chi connectivity index (χ1) is 12.2. The fourth-order valence-corrected chi connectivity index (χ4v) is 3.51. The van der Waals surface area contributed by atoms with Gasteiger partial charge in [-0.1, -0.05) is 25.5 Å². The lowest BCUT2D eigenvalue weighted by atomic mass is 9.90. The molecular formula is C21H26N2O2. The number of nitrogens with one attached hydrogen (secondary N) is 1. The molecule has 1 N–H and O–H groups in total. The van der Waals surface area contributed by atoms with Crippen LogP contribution in [0.5, 0.6) is 0 Å². The van der Waals surface area contributed by atoms with Crippen LogP contribution in [0.3, 0.4) is 0 Å². The zero-order chi connectivity index (χ0) is 17.6. The van der Waals surface area contributed by atoms with Crippen molar-refractivity contribution in [2.45, 2.75) is 44.9 Å². The van der Waals surface area contributed by atoms with E-state index >= 15 is 0 Å². The van der Waals surface area contributed by atoms with E-state index in [4.69, 9.17) is 0 Å². The molecule has 1 fully saturated rings. The molecule has 0 atom stereocenters. The third kappa shape index (κ3) is 4.38. The monoisotopic (exact) mass is 338 g/mol. The van der Waals surface area contributed by atoms with Gasteiger partial charge in [0, 0.05) is 30.9 Å². The maximum Gasteiger partial charge on any atom is 0.253 e. The average Bonchev–Trinajstić information content (AvgIpc) is 2.66. The lowest BCUT2D eigenvalue weighted by Gasteiger charge is -2.32. The second-order valence-corrected chi connectivity index (χ2v) is 6.85. The van der Waals surface area contributed by atoms with E-state index in [1.807, 2.05) is 23.1 Å². The maximum atomic E-state index is 12.7. The van der Waals surface area contributed by atoms with Gasteiger partial charge in [0.15, 0.2) is 0 Å². The van der Waals surface area contributed by atoms with Crippen LogP contribution in [0.2, 0.25) is 0 Å². The fourth-order valence-electron chi connectivity index (χ4n) is 3.51. The number of pyridine rings is 1. The summed E-state index contributed by atoms with van der Waals surface area (Å²) in [6, 6.07) is 11.7. The van der Waals surface area contributed by atoms with Gasteiger partial charge in [-0.25, -0.2) is 0 Å². The number of aromatic amines is 1. The number of piperidine rings is 1. The van der Waals surface area contributed by atoms with Gasteiger partial charge in [-0.05, 0) is 60.9 Å². The molecule has 0 aliphatic carbocycles. The molecule has 2 aromatic rings. The van der Waals surface area contributed by atoms with Crippen molar-refractivity contribution in [1.82, 2.24) is 9.88 Å². The summed E-state index contributed by atoms with van der Waals surface area (Å²) in [4.78, 5) is 28.7. The minimum absolute atomic E-state index is 0.0563. The average molecular weight is 338 g/mol. The quantitative estimate of drug-likeness (QED) is 0.903. The molecule has 1 aliphatic heterocycles. The van der Waals surface area contributed by atoms with E-state index in [-0.39, 0.29) is 11.5 Å². The summed E-state index contributed by atoms with van der Waals surface area (Å²) in [7, 11) is 0. The van der Waals surface area contributed by atoms with Crippen molar-refractivity contribution in [2.24, 2.45) is 0 Å². The Morgan fingerprint density at radius 2 is 1.88 bits per heavy atom. The number of aryl methyl sites for hydroxylation is 1. The van der Waals surface area contributed by atoms with Crippen LogP contribution in [0.25, 0.3) is 0 Å². The number of hydrogen-bond donors (Lipinski definition) is 1. The van der Waals surface area contributed by atoms with Crippen LogP contribution in [-0.4, -0.2) is 28.9 Å². The van der Waals surface area contributed by atoms with Gasteiger partial charge in [-0.2, -0.15) is 0 Å². The molecule has 1 aromatic carbocycles. The number of hydrogen-bond acceptors (Lipinski definition) is 2. The Bertz CT molecular complexity index is 756. The van der Waals surface area contributed by atoms with E-state index in [2.05, 4.69) is 24.0 Å². The van der Waals surface area contributed by atoms with Crippen LogP contribution in [0, 0.1) is 0 Å². The lowest BCUT2D eigenvalue weighted by Crippen LogP contribution is -2.38. The summed E-state index contributed by atoms with van der Waals surface area (Å²) in [5.41, 5.74) is 3.09. The third-order valence-corrected chi connectivity index (χ3v) is 5.07. The molecule has 1 aliphatic rings. The number of nitrogens with zero attached hydrogens (tertiary/aromatic N) is 1. The minimum Gasteiger partial charge on any atom is -0.339 e. The predicted octanol–water partition coefficient (Wildman–Crippen LogP) is 3.74. The zero-order valence-corrected chi connectivity index (χ0v) is 14.8. The number of aromatic nitrogens is 1. The molecule has 4 nitrogen and oxygen atoms in total. The molecule has 0 saturated carbocycles. The molecular weight excluding hydrogens is 312 g/mol. The number of unbranched alkanes of at least 4 members (excludes halogenated alkanes) is 1. The molecule has 0 unspecified atom stereocenters. The summed E-state index contributed by atoms with van der Waals surface area (Å²) in [5.74, 6) is 0.481. The third-order valence-electron chi connectivity index (χ3n) is 5.07. The fraction of sp³-hybridized carbons (Fsp3) is 0.429. The Kier molecular flexibility index (Phi) is 5.69. The molecule has 1 saturated heterocycles. The van der Waals surface area contributed by atoms with E-state index in [9.17, 15) is 9.59 Å². The van der Waals surface area contributed by atoms with Gasteiger partial charge >= 0.3 is 0 Å². The minimum atomic E-state index is -0.0563. The molecule has 0 radical (unpaired) electrons. The molecule has 2 heterocycles. The SMILES string of the molecule is CCCCc1ccc(C(=O)N2CCC(c3cc[nH]c(=O)c3)CC2)cc1. The van der Waals surface area contributed by atoms with Crippen LogP contribution in [0.4, 0.5) is 0 Å². The highest BCUT2D eigenvalue weighted by Crippen LogP contribution is 2.27. The highest BCUT2D eigenvalue weighted by Gasteiger charge is 2.24. The second kappa shape index (κ2) is 8.15. The number of likely N-dealkylation sites (tertiary alicyclic amines) is 1. The summed E-state index contributed by atoms with van der Waals surface area (Å²) >= 11 is 0. The highest BCUT2D eigenvalue weighted by atomic mass is 16.2. The molecule has 1 amide bonds. The van der Waals surface area contributed by atoms with Crippen molar-refractivity contribution in [3.63, 3.8) is 0 Å². The van der Waals surface area contributed by atoms with E-state index in [1.54, 1.807) is 12.3 Å². The smallest absolute Gasteiger partial charge is 0.253 e. The Morgan fingerprint density at radius 1 is 1.16 bits per heavy atom. The van der Waals surface area contributed by atoms with Gasteiger partial charge < -0.3 is 9.88 Å². The second-order valence-electron chi connectivity index (χ2n) is 6.85. The Labute approximate surface area is 148 Å². The standard InChI is InChI=1S/C21H26N2O2/c1-2-3-4-16-5-7-18(8-6-16)21(25)23-13-10-17(11-14-23)19-9-12-22-20(24)15-19/h5-9,12,15,17H,2-4,10-11,13-14H2,1H3,(H,22,24). The maximum absolute atomic E-state index is 12.7. The van der Waals surface area contributed by atoms with Gasteiger partial charge in [0.1, 0.15) is 0 Å². The number of carbonyl (C=O) groups excluding carboxylic acids is 1. The Morgan fingerprint density at radius 3 is 2.52 bits per heavy atom. The molecule has 25 heavy (non-hydrogen) atoms.